The van der Waals surface area contributed by atoms with Gasteiger partial charge in [0.15, 0.2) is 0 Å². The zero-order chi connectivity index (χ0) is 16.2. The van der Waals surface area contributed by atoms with Crippen LogP contribution in [0.1, 0.15) is 43.1 Å². The number of hydrogen-bond donors (Lipinski definition) is 2. The average molecular weight is 312 g/mol. The lowest BCUT2D eigenvalue weighted by atomic mass is 9.84. The van der Waals surface area contributed by atoms with Gasteiger partial charge in [0, 0.05) is 17.1 Å². The number of aryl methyl sites for hydroxylation is 1. The second kappa shape index (κ2) is 6.94. The molecule has 4 nitrogen and oxygen atoms in total. The van der Waals surface area contributed by atoms with E-state index in [0.29, 0.717) is 17.0 Å². The maximum Gasteiger partial charge on any atom is 0.308 e. The summed E-state index contributed by atoms with van der Waals surface area (Å²) in [5.41, 5.74) is 1.19. The van der Waals surface area contributed by atoms with Gasteiger partial charge in [-0.3, -0.25) is 9.59 Å². The first-order chi connectivity index (χ1) is 9.60. The molecule has 1 aromatic rings. The summed E-state index contributed by atoms with van der Waals surface area (Å²) in [6.45, 7) is 7.87. The Morgan fingerprint density at radius 3 is 2.43 bits per heavy atom. The van der Waals surface area contributed by atoms with Crippen molar-refractivity contribution in [3.63, 3.8) is 0 Å². The molecule has 0 bridgehead atoms. The van der Waals surface area contributed by atoms with Gasteiger partial charge in [-0.1, -0.05) is 32.4 Å². The molecule has 1 amide bonds. The van der Waals surface area contributed by atoms with Crippen LogP contribution in [0.15, 0.2) is 18.2 Å². The first-order valence-corrected chi connectivity index (χ1v) is 7.25. The third-order valence-electron chi connectivity index (χ3n) is 3.14. The van der Waals surface area contributed by atoms with Crippen LogP contribution in [0.5, 0.6) is 0 Å². The van der Waals surface area contributed by atoms with Gasteiger partial charge in [0.05, 0.1) is 5.92 Å². The molecule has 1 rings (SSSR count). The molecule has 21 heavy (non-hydrogen) atoms. The SMILES string of the molecule is Cc1cc(C(=O)NCC(CC(C)(C)C)C(=O)O)ccc1Cl. The topological polar surface area (TPSA) is 66.4 Å². The summed E-state index contributed by atoms with van der Waals surface area (Å²) in [6.07, 6.45) is 0.502. The van der Waals surface area contributed by atoms with Gasteiger partial charge in [-0.25, -0.2) is 0 Å². The minimum atomic E-state index is -0.891. The Kier molecular flexibility index (Phi) is 5.78. The fourth-order valence-electron chi connectivity index (χ4n) is 2.09. The van der Waals surface area contributed by atoms with Crippen molar-refractivity contribution in [3.8, 4) is 0 Å². The Hall–Kier alpha value is -1.55. The maximum atomic E-state index is 12.1. The molecular formula is C16H22ClNO3. The first-order valence-electron chi connectivity index (χ1n) is 6.87. The number of aliphatic carboxylic acids is 1. The maximum absolute atomic E-state index is 12.1. The minimum Gasteiger partial charge on any atom is -0.481 e. The fourth-order valence-corrected chi connectivity index (χ4v) is 2.21. The number of carbonyl (C=O) groups excluding carboxylic acids is 1. The van der Waals surface area contributed by atoms with E-state index in [9.17, 15) is 14.7 Å². The van der Waals surface area contributed by atoms with E-state index in [1.807, 2.05) is 27.7 Å². The molecular weight excluding hydrogens is 290 g/mol. The Morgan fingerprint density at radius 2 is 1.95 bits per heavy atom. The van der Waals surface area contributed by atoms with E-state index < -0.39 is 11.9 Å². The van der Waals surface area contributed by atoms with Crippen LogP contribution in [0.4, 0.5) is 0 Å². The van der Waals surface area contributed by atoms with E-state index in [-0.39, 0.29) is 17.9 Å². The molecule has 5 heteroatoms. The Balaban J connectivity index is 2.69. The number of hydrogen-bond acceptors (Lipinski definition) is 2. The second-order valence-electron chi connectivity index (χ2n) is 6.47. The molecule has 1 atom stereocenters. The quantitative estimate of drug-likeness (QED) is 0.874. The van der Waals surface area contributed by atoms with Crippen molar-refractivity contribution in [1.29, 1.82) is 0 Å². The minimum absolute atomic E-state index is 0.107. The molecule has 0 heterocycles. The highest BCUT2D eigenvalue weighted by Gasteiger charge is 2.25. The van der Waals surface area contributed by atoms with Crippen LogP contribution < -0.4 is 5.32 Å². The molecule has 0 aliphatic heterocycles. The lowest BCUT2D eigenvalue weighted by molar-refractivity contribution is -0.142. The number of carbonyl (C=O) groups is 2. The summed E-state index contributed by atoms with van der Waals surface area (Å²) in [7, 11) is 0. The van der Waals surface area contributed by atoms with Gasteiger partial charge in [0.2, 0.25) is 0 Å². The number of amides is 1. The molecule has 2 N–H and O–H groups in total. The molecule has 0 saturated heterocycles. The highest BCUT2D eigenvalue weighted by atomic mass is 35.5. The smallest absolute Gasteiger partial charge is 0.308 e. The zero-order valence-corrected chi connectivity index (χ0v) is 13.6. The van der Waals surface area contributed by atoms with Crippen molar-refractivity contribution in [2.45, 2.75) is 34.1 Å². The van der Waals surface area contributed by atoms with Gasteiger partial charge in [-0.2, -0.15) is 0 Å². The number of carboxylic acid groups (broad SMARTS) is 1. The highest BCUT2D eigenvalue weighted by molar-refractivity contribution is 6.31. The fraction of sp³-hybridized carbons (Fsp3) is 0.500. The van der Waals surface area contributed by atoms with Crippen molar-refractivity contribution >= 4 is 23.5 Å². The standard InChI is InChI=1S/C16H22ClNO3/c1-10-7-11(5-6-13(10)17)14(19)18-9-12(15(20)21)8-16(2,3)4/h5-7,12H,8-9H2,1-4H3,(H,18,19)(H,20,21). The highest BCUT2D eigenvalue weighted by Crippen LogP contribution is 2.24. The molecule has 0 aromatic heterocycles. The predicted octanol–water partition coefficient (Wildman–Crippen LogP) is 3.52. The number of carboxylic acids is 1. The molecule has 0 aliphatic carbocycles. The van der Waals surface area contributed by atoms with Crippen molar-refractivity contribution in [2.24, 2.45) is 11.3 Å². The van der Waals surface area contributed by atoms with Crippen molar-refractivity contribution in [2.75, 3.05) is 6.54 Å². The molecule has 0 fully saturated rings. The van der Waals surface area contributed by atoms with Crippen LogP contribution in [0.3, 0.4) is 0 Å². The van der Waals surface area contributed by atoms with E-state index in [1.54, 1.807) is 18.2 Å². The Morgan fingerprint density at radius 1 is 1.33 bits per heavy atom. The van der Waals surface area contributed by atoms with Gasteiger partial charge in [0.1, 0.15) is 0 Å². The molecule has 0 spiro atoms. The number of nitrogens with one attached hydrogen (secondary N) is 1. The average Bonchev–Trinajstić information content (AvgIpc) is 2.35. The molecule has 0 aliphatic rings. The second-order valence-corrected chi connectivity index (χ2v) is 6.88. The van der Waals surface area contributed by atoms with Gasteiger partial charge in [0.25, 0.3) is 5.91 Å². The molecule has 1 aromatic carbocycles. The van der Waals surface area contributed by atoms with Crippen LogP contribution in [0.2, 0.25) is 5.02 Å². The van der Waals surface area contributed by atoms with E-state index >= 15 is 0 Å². The van der Waals surface area contributed by atoms with Crippen molar-refractivity contribution in [3.05, 3.63) is 34.3 Å². The van der Waals surface area contributed by atoms with Crippen LogP contribution in [0, 0.1) is 18.3 Å². The van der Waals surface area contributed by atoms with Crippen molar-refractivity contribution < 1.29 is 14.7 Å². The van der Waals surface area contributed by atoms with Gasteiger partial charge in [-0.05, 0) is 42.5 Å². The summed E-state index contributed by atoms with van der Waals surface area (Å²) in [4.78, 5) is 23.3. The number of halogens is 1. The molecule has 0 radical (unpaired) electrons. The summed E-state index contributed by atoms with van der Waals surface area (Å²) >= 11 is 5.92. The number of benzene rings is 1. The Labute approximate surface area is 130 Å². The summed E-state index contributed by atoms with van der Waals surface area (Å²) in [5, 5.41) is 12.5. The van der Waals surface area contributed by atoms with E-state index in [1.165, 1.54) is 0 Å². The van der Waals surface area contributed by atoms with Crippen LogP contribution >= 0.6 is 11.6 Å². The lowest BCUT2D eigenvalue weighted by Crippen LogP contribution is -2.35. The largest absolute Gasteiger partial charge is 0.481 e. The van der Waals surface area contributed by atoms with E-state index in [4.69, 9.17) is 11.6 Å². The normalized spacial score (nSPS) is 12.8. The molecule has 116 valence electrons. The Bertz CT molecular complexity index is 535. The predicted molar refractivity (Wildman–Crippen MR) is 83.7 cm³/mol. The monoisotopic (exact) mass is 311 g/mol. The van der Waals surface area contributed by atoms with Gasteiger partial charge < -0.3 is 10.4 Å². The van der Waals surface area contributed by atoms with Crippen LogP contribution in [0.25, 0.3) is 0 Å². The number of rotatable bonds is 5. The van der Waals surface area contributed by atoms with Crippen molar-refractivity contribution in [1.82, 2.24) is 5.32 Å². The van der Waals surface area contributed by atoms with Gasteiger partial charge >= 0.3 is 5.97 Å². The van der Waals surface area contributed by atoms with Crippen LogP contribution in [-0.2, 0) is 4.79 Å². The first kappa shape index (κ1) is 17.5. The molecule has 1 unspecified atom stereocenters. The summed E-state index contributed by atoms with van der Waals surface area (Å²) < 4.78 is 0. The van der Waals surface area contributed by atoms with E-state index in [0.717, 1.165) is 5.56 Å². The van der Waals surface area contributed by atoms with E-state index in [2.05, 4.69) is 5.32 Å². The third-order valence-corrected chi connectivity index (χ3v) is 3.56. The van der Waals surface area contributed by atoms with Gasteiger partial charge in [-0.15, -0.1) is 0 Å². The molecule has 0 saturated carbocycles. The van der Waals surface area contributed by atoms with Crippen LogP contribution in [-0.4, -0.2) is 23.5 Å². The summed E-state index contributed by atoms with van der Waals surface area (Å²) in [5.74, 6) is -1.77. The zero-order valence-electron chi connectivity index (χ0n) is 12.9. The summed E-state index contributed by atoms with van der Waals surface area (Å²) in [6, 6.07) is 4.98. The lowest BCUT2D eigenvalue weighted by Gasteiger charge is -2.23. The third kappa shape index (κ3) is 5.76.